The molecule has 0 spiro atoms. The molecule has 0 saturated heterocycles. The zero-order valence-corrected chi connectivity index (χ0v) is 17.7. The van der Waals surface area contributed by atoms with Crippen LogP contribution in [0.25, 0.3) is 0 Å². The lowest BCUT2D eigenvalue weighted by molar-refractivity contribution is -0.123. The van der Waals surface area contributed by atoms with Gasteiger partial charge in [0.25, 0.3) is 11.8 Å². The lowest BCUT2D eigenvalue weighted by Crippen LogP contribution is -2.43. The van der Waals surface area contributed by atoms with Crippen molar-refractivity contribution < 1.29 is 19.1 Å². The fourth-order valence-electron chi connectivity index (χ4n) is 3.06. The van der Waals surface area contributed by atoms with Gasteiger partial charge in [-0.15, -0.1) is 0 Å². The van der Waals surface area contributed by atoms with Gasteiger partial charge in [0, 0.05) is 12.0 Å². The van der Waals surface area contributed by atoms with Crippen LogP contribution < -0.4 is 20.3 Å². The monoisotopic (exact) mass is 418 g/mol. The van der Waals surface area contributed by atoms with Crippen molar-refractivity contribution in [1.29, 1.82) is 0 Å². The summed E-state index contributed by atoms with van der Waals surface area (Å²) in [5.74, 6) is 0.309. The summed E-state index contributed by atoms with van der Waals surface area (Å²) in [6, 6.07) is 22.6. The third-order valence-corrected chi connectivity index (χ3v) is 4.48. The molecule has 0 aliphatic heterocycles. The van der Waals surface area contributed by atoms with Crippen LogP contribution in [-0.2, 0) is 11.2 Å². The van der Waals surface area contributed by atoms with E-state index in [-0.39, 0.29) is 6.61 Å². The maximum Gasteiger partial charge on any atom is 0.276 e. The molecule has 0 heterocycles. The van der Waals surface area contributed by atoms with Crippen molar-refractivity contribution >= 4 is 11.8 Å². The smallest absolute Gasteiger partial charge is 0.276 e. The fraction of sp³-hybridized carbons (Fsp3) is 0.200. The normalized spacial score (nSPS) is 10.3. The highest BCUT2D eigenvalue weighted by atomic mass is 16.5. The highest BCUT2D eigenvalue weighted by Gasteiger charge is 2.09. The van der Waals surface area contributed by atoms with Crippen LogP contribution in [0.1, 0.15) is 27.0 Å². The van der Waals surface area contributed by atoms with Crippen molar-refractivity contribution in [3.63, 3.8) is 0 Å². The van der Waals surface area contributed by atoms with E-state index in [1.165, 1.54) is 5.56 Å². The first-order valence-electron chi connectivity index (χ1n) is 10.1. The van der Waals surface area contributed by atoms with E-state index in [2.05, 4.69) is 10.9 Å². The number of hydrazine groups is 1. The maximum absolute atomic E-state index is 12.3. The average molecular weight is 418 g/mol. The number of ether oxygens (including phenoxy) is 2. The summed E-state index contributed by atoms with van der Waals surface area (Å²) in [5.41, 5.74) is 8.42. The number of nitrogens with one attached hydrogen (secondary N) is 2. The summed E-state index contributed by atoms with van der Waals surface area (Å²) in [5, 5.41) is 0. The molecule has 0 bridgehead atoms. The van der Waals surface area contributed by atoms with Gasteiger partial charge < -0.3 is 9.47 Å². The Balaban J connectivity index is 1.44. The second-order valence-corrected chi connectivity index (χ2v) is 7.23. The van der Waals surface area contributed by atoms with Gasteiger partial charge in [-0.05, 0) is 60.9 Å². The Morgan fingerprint density at radius 3 is 2.26 bits per heavy atom. The number of amides is 2. The maximum atomic E-state index is 12.3. The summed E-state index contributed by atoms with van der Waals surface area (Å²) in [6.07, 6.45) is 0.772. The van der Waals surface area contributed by atoms with Crippen molar-refractivity contribution in [2.24, 2.45) is 0 Å². The Morgan fingerprint density at radius 1 is 0.774 bits per heavy atom. The molecule has 2 amide bonds. The molecule has 6 nitrogen and oxygen atoms in total. The van der Waals surface area contributed by atoms with Gasteiger partial charge in [0.2, 0.25) is 0 Å². The first-order valence-corrected chi connectivity index (χ1v) is 10.1. The zero-order chi connectivity index (χ0) is 22.1. The lowest BCUT2D eigenvalue weighted by Gasteiger charge is -2.11. The third-order valence-electron chi connectivity index (χ3n) is 4.48. The molecule has 0 aliphatic carbocycles. The fourth-order valence-corrected chi connectivity index (χ4v) is 3.06. The Hall–Kier alpha value is -3.80. The molecule has 6 heteroatoms. The second-order valence-electron chi connectivity index (χ2n) is 7.23. The highest BCUT2D eigenvalue weighted by Crippen LogP contribution is 2.16. The summed E-state index contributed by atoms with van der Waals surface area (Å²) >= 11 is 0. The minimum absolute atomic E-state index is 0.203. The Morgan fingerprint density at radius 2 is 1.52 bits per heavy atom. The molecular formula is C25H26N2O4. The van der Waals surface area contributed by atoms with Crippen molar-refractivity contribution in [2.45, 2.75) is 20.3 Å². The van der Waals surface area contributed by atoms with E-state index in [0.717, 1.165) is 17.5 Å². The molecule has 3 aromatic rings. The van der Waals surface area contributed by atoms with Crippen molar-refractivity contribution in [2.75, 3.05) is 13.2 Å². The Bertz CT molecular complexity index is 1010. The minimum atomic E-state index is -0.456. The molecule has 3 rings (SSSR count). The van der Waals surface area contributed by atoms with Crippen molar-refractivity contribution in [1.82, 2.24) is 10.9 Å². The van der Waals surface area contributed by atoms with Crippen LogP contribution in [0, 0.1) is 13.8 Å². The number of rotatable bonds is 8. The molecule has 0 atom stereocenters. The molecule has 0 saturated carbocycles. The third kappa shape index (κ3) is 7.19. The molecule has 160 valence electrons. The Labute approximate surface area is 182 Å². The van der Waals surface area contributed by atoms with E-state index >= 15 is 0 Å². The largest absolute Gasteiger partial charge is 0.493 e. The lowest BCUT2D eigenvalue weighted by atomic mass is 10.1. The summed E-state index contributed by atoms with van der Waals surface area (Å²) in [7, 11) is 0. The summed E-state index contributed by atoms with van der Waals surface area (Å²) < 4.78 is 11.2. The number of hydrogen-bond acceptors (Lipinski definition) is 4. The van der Waals surface area contributed by atoms with Crippen LogP contribution in [0.15, 0.2) is 72.8 Å². The number of carbonyl (C=O) groups is 2. The van der Waals surface area contributed by atoms with Gasteiger partial charge >= 0.3 is 0 Å². The van der Waals surface area contributed by atoms with Gasteiger partial charge in [0.05, 0.1) is 6.61 Å². The van der Waals surface area contributed by atoms with Crippen LogP contribution in [0.4, 0.5) is 0 Å². The zero-order valence-electron chi connectivity index (χ0n) is 17.7. The second kappa shape index (κ2) is 10.8. The van der Waals surface area contributed by atoms with Crippen molar-refractivity contribution in [3.05, 3.63) is 95.1 Å². The van der Waals surface area contributed by atoms with Crippen molar-refractivity contribution in [3.8, 4) is 11.5 Å². The SMILES string of the molecule is Cc1cc(C)cc(OCC(=O)NNC(=O)c2cccc(OCCc3ccccc3)c2)c1. The topological polar surface area (TPSA) is 76.7 Å². The summed E-state index contributed by atoms with van der Waals surface area (Å²) in [6.45, 7) is 4.22. The number of benzene rings is 3. The molecular weight excluding hydrogens is 392 g/mol. The van der Waals surface area contributed by atoms with E-state index in [9.17, 15) is 9.59 Å². The first kappa shape index (κ1) is 21.9. The highest BCUT2D eigenvalue weighted by molar-refractivity contribution is 5.95. The molecule has 0 aliphatic rings. The van der Waals surface area contributed by atoms with Gasteiger partial charge in [0.1, 0.15) is 11.5 Å². The number of carbonyl (C=O) groups excluding carboxylic acids is 2. The quantitative estimate of drug-likeness (QED) is 0.546. The standard InChI is InChI=1S/C25H26N2O4/c1-18-13-19(2)15-23(14-18)31-17-24(28)26-27-25(29)21-9-6-10-22(16-21)30-12-11-20-7-4-3-5-8-20/h3-10,13-16H,11-12,17H2,1-2H3,(H,26,28)(H,27,29). The minimum Gasteiger partial charge on any atom is -0.493 e. The van der Waals surface area contributed by atoms with Gasteiger partial charge in [-0.2, -0.15) is 0 Å². The van der Waals surface area contributed by atoms with Gasteiger partial charge in [-0.25, -0.2) is 0 Å². The van der Waals surface area contributed by atoms with Crippen LogP contribution in [0.3, 0.4) is 0 Å². The van der Waals surface area contributed by atoms with Crippen LogP contribution in [0.2, 0.25) is 0 Å². The molecule has 0 radical (unpaired) electrons. The number of hydrogen-bond donors (Lipinski definition) is 2. The molecule has 0 fully saturated rings. The van der Waals surface area contributed by atoms with Gasteiger partial charge in [-0.3, -0.25) is 20.4 Å². The predicted octanol–water partition coefficient (Wildman–Crippen LogP) is 3.76. The van der Waals surface area contributed by atoms with E-state index in [1.54, 1.807) is 24.3 Å². The average Bonchev–Trinajstić information content (AvgIpc) is 2.76. The molecule has 31 heavy (non-hydrogen) atoms. The molecule has 0 unspecified atom stereocenters. The molecule has 2 N–H and O–H groups in total. The van der Waals surface area contributed by atoms with E-state index in [0.29, 0.717) is 23.7 Å². The van der Waals surface area contributed by atoms with Crippen LogP contribution in [0.5, 0.6) is 11.5 Å². The molecule has 3 aromatic carbocycles. The first-order chi connectivity index (χ1) is 15.0. The van der Waals surface area contributed by atoms with Crippen LogP contribution in [-0.4, -0.2) is 25.0 Å². The predicted molar refractivity (Wildman–Crippen MR) is 119 cm³/mol. The van der Waals surface area contributed by atoms with Crippen LogP contribution >= 0.6 is 0 Å². The van der Waals surface area contributed by atoms with Gasteiger partial charge in [0.15, 0.2) is 6.61 Å². The van der Waals surface area contributed by atoms with Gasteiger partial charge in [-0.1, -0.05) is 42.5 Å². The Kier molecular flexibility index (Phi) is 7.65. The summed E-state index contributed by atoms with van der Waals surface area (Å²) in [4.78, 5) is 24.3. The van der Waals surface area contributed by atoms with E-state index in [1.807, 2.05) is 62.4 Å². The molecule has 0 aromatic heterocycles. The number of aryl methyl sites for hydroxylation is 2. The van der Waals surface area contributed by atoms with E-state index in [4.69, 9.17) is 9.47 Å². The van der Waals surface area contributed by atoms with E-state index < -0.39 is 11.8 Å².